The van der Waals surface area contributed by atoms with Gasteiger partial charge < -0.3 is 62.4 Å². The van der Waals surface area contributed by atoms with Crippen molar-refractivity contribution in [1.29, 1.82) is 10.5 Å². The molecule has 4 aliphatic rings. The molecule has 36 heteroatoms. The van der Waals surface area contributed by atoms with Crippen molar-refractivity contribution in [2.24, 2.45) is 4.30 Å². The van der Waals surface area contributed by atoms with Crippen LogP contribution in [0.3, 0.4) is 0 Å². The first-order valence-electron chi connectivity index (χ1n) is 42.5. The number of allylic oxidation sites excluding steroid dienone is 4. The average Bonchev–Trinajstić information content (AvgIpc) is 1.51. The Bertz CT molecular complexity index is 6320. The molecular formula is C99H96B3Br2F3N11O15S2. The monoisotopic (exact) mass is 1990 g/mol. The first-order valence-corrected chi connectivity index (χ1v) is 45.8. The molecule has 0 saturated heterocycles. The van der Waals surface area contributed by atoms with E-state index in [-0.39, 0.29) is 25.6 Å². The number of aryl methyl sites for hydroxylation is 6. The molecule has 135 heavy (non-hydrogen) atoms. The van der Waals surface area contributed by atoms with E-state index in [2.05, 4.69) is 211 Å². The number of benzene rings is 11. The van der Waals surface area contributed by atoms with Crippen LogP contribution >= 0.6 is 45.0 Å². The maximum atomic E-state index is 12.3. The van der Waals surface area contributed by atoms with Gasteiger partial charge in [0.1, 0.15) is 42.0 Å². The summed E-state index contributed by atoms with van der Waals surface area (Å²) in [6.07, 6.45) is 14.1. The number of nitrogens with zero attached hydrogens (tertiary/aromatic N) is 11. The standard InChI is InChI=1S/C27H25BrN4O2.C27H26N4O2.C18H15NO.C12H11F3O4S.C7H6BNO2.C6H7BO2.C2H5BrO2.BHNS/c28-25-14-11-22-17-23(34-18-19-5-2-1-3-6-19)12-13-24(22)26(25)20-7-9-21(10-8-20)27-29-31-32(30-27)15-4-16-33;32-17-5-16-31-29-27(28-30-31)22-12-10-21(11-13-22)25-9-4-8-23-18-24(14-15-26(23)25)33-19-20-6-2-1-3-7-20;1-20-16-9-10-18-15(11-16)3-2-4-17(18)14-7-5-13(12-19)6-8-14;1-18-9-5-6-10-8(7-9)3-2-4-11(10)19-20(16,17)12(13,14)15;9-5-6-1-3-7(4-2-6)8(10)11;8-7(9)6-4-2-1-3-5-6;3-5-2-1-4;1-2-3/h1-3,5-10,12-13,17,33H,4,11,14-16,18H2;1-3,6-7,9-15,18,32H,4-5,8,16-17,19H2;4-11H,2-3H2,1H3;4-7H,2-3H2,1H3;1-4,10-11H;1-5,8-9H;4H,1-2H2;3H. The summed E-state index contributed by atoms with van der Waals surface area (Å²) < 4.78 is 93.8. The minimum absolute atomic E-state index is 0.0747. The van der Waals surface area contributed by atoms with Crippen molar-refractivity contribution in [3.05, 3.63) is 367 Å². The predicted molar refractivity (Wildman–Crippen MR) is 524 cm³/mol. The molecule has 4 aliphatic carbocycles. The number of hydrogen-bond donors (Lipinski definition) is 8. The van der Waals surface area contributed by atoms with Crippen LogP contribution in [0.25, 0.3) is 45.3 Å². The van der Waals surface area contributed by atoms with Crippen molar-refractivity contribution in [3.8, 4) is 57.9 Å². The van der Waals surface area contributed by atoms with Crippen LogP contribution in [0.2, 0.25) is 0 Å². The van der Waals surface area contributed by atoms with Gasteiger partial charge in [0.15, 0.2) is 0 Å². The van der Waals surface area contributed by atoms with Gasteiger partial charge in [0, 0.05) is 34.4 Å². The van der Waals surface area contributed by atoms with E-state index in [1.807, 2.05) is 103 Å². The van der Waals surface area contributed by atoms with Gasteiger partial charge in [0.25, 0.3) is 0 Å². The van der Waals surface area contributed by atoms with E-state index in [0.29, 0.717) is 109 Å². The number of rotatable bonds is 25. The Morgan fingerprint density at radius 1 is 0.489 bits per heavy atom. The molecule has 0 atom stereocenters. The first kappa shape index (κ1) is 104. The van der Waals surface area contributed by atoms with Gasteiger partial charge in [-0.3, -0.25) is 0 Å². The van der Waals surface area contributed by atoms with Gasteiger partial charge in [-0.15, -0.1) is 20.4 Å². The molecular weight excluding hydrogens is 1900 g/mol. The third kappa shape index (κ3) is 31.4. The zero-order chi connectivity index (χ0) is 96.5. The van der Waals surface area contributed by atoms with Crippen LogP contribution in [0.15, 0.2) is 288 Å². The second-order valence-corrected chi connectivity index (χ2v) is 33.1. The minimum atomic E-state index is -5.66. The van der Waals surface area contributed by atoms with Gasteiger partial charge in [0.05, 0.1) is 80.0 Å². The molecule has 0 fully saturated rings. The molecule has 26 nitrogen and oxygen atoms in total. The SMILES string of the molecule is COc1ccc2c(c1)CCC=C2OS(=O)(=O)C(F)(F)F.COc1ccc2c(c1)CCC=C2c1ccc(C#N)cc1.N#Cc1ccc(B(O)O)cc1.OB(O)c1ccccc1.OCCCn1nnc(-c2ccc(C3=C(Br)CCc4cc(OCc5ccccc5)ccc43)cc2)n1.OCCCn1nnc(-c2ccc(C3=CCCc4cc(OCc5ccccc5)ccc43)cc2)n1.OCCOBr.[B]=NS. The van der Waals surface area contributed by atoms with Crippen LogP contribution in [-0.4, -0.2) is 152 Å². The first-order chi connectivity index (χ1) is 65.4. The Labute approximate surface area is 805 Å². The van der Waals surface area contributed by atoms with Gasteiger partial charge in [-0.05, 0) is 254 Å². The number of aromatic nitrogens is 8. The molecule has 17 rings (SSSR count). The van der Waals surface area contributed by atoms with Crippen molar-refractivity contribution < 1.29 is 84.0 Å². The molecule has 0 saturated carbocycles. The van der Waals surface area contributed by atoms with Gasteiger partial charge in [0.2, 0.25) is 11.6 Å². The molecule has 11 aromatic carbocycles. The van der Waals surface area contributed by atoms with Crippen LogP contribution in [0.4, 0.5) is 13.2 Å². The fourth-order valence-corrected chi connectivity index (χ4v) is 15.4. The van der Waals surface area contributed by atoms with E-state index in [0.717, 1.165) is 83.6 Å². The summed E-state index contributed by atoms with van der Waals surface area (Å²) in [6, 6.07) is 87.3. The van der Waals surface area contributed by atoms with E-state index >= 15 is 0 Å². The van der Waals surface area contributed by atoms with E-state index in [4.69, 9.17) is 64.9 Å². The summed E-state index contributed by atoms with van der Waals surface area (Å²) in [5.41, 5.74) is 16.7. The van der Waals surface area contributed by atoms with Crippen molar-refractivity contribution >= 4 is 110 Å². The summed E-state index contributed by atoms with van der Waals surface area (Å²) in [7, 11) is -0.956. The number of aliphatic hydroxyl groups excluding tert-OH is 3. The van der Waals surface area contributed by atoms with E-state index in [1.165, 1.54) is 125 Å². The Morgan fingerprint density at radius 3 is 1.27 bits per heavy atom. The molecule has 7 N–H and O–H groups in total. The molecule has 0 bridgehead atoms. The Hall–Kier alpha value is -12.8. The van der Waals surface area contributed by atoms with E-state index in [9.17, 15) is 21.6 Å². The zero-order valence-corrected chi connectivity index (χ0v) is 78.5. The van der Waals surface area contributed by atoms with Crippen LogP contribution in [0.5, 0.6) is 23.0 Å². The van der Waals surface area contributed by atoms with Crippen molar-refractivity contribution in [2.45, 2.75) is 96.0 Å². The van der Waals surface area contributed by atoms with Crippen LogP contribution in [0, 0.1) is 22.7 Å². The number of ether oxygens (including phenoxy) is 4. The number of fused-ring (bicyclic) bond motifs is 4. The maximum absolute atomic E-state index is 12.3. The number of hydrogen-bond acceptors (Lipinski definition) is 25. The molecule has 0 spiro atoms. The zero-order valence-electron chi connectivity index (χ0n) is 73.6. The molecule has 2 aromatic heterocycles. The predicted octanol–water partition coefficient (Wildman–Crippen LogP) is 16.0. The van der Waals surface area contributed by atoms with Crippen molar-refractivity contribution in [3.63, 3.8) is 0 Å². The van der Waals surface area contributed by atoms with Gasteiger partial charge in [-0.1, -0.05) is 210 Å². The average molecular weight is 1990 g/mol. The van der Waals surface area contributed by atoms with E-state index in [1.54, 1.807) is 37.4 Å². The number of alkyl halides is 3. The van der Waals surface area contributed by atoms with Crippen LogP contribution < -0.4 is 29.9 Å². The number of tetrazole rings is 2. The number of nitriles is 2. The Kier molecular flexibility index (Phi) is 41.7. The number of methoxy groups -OCH3 is 2. The number of aliphatic hydroxyl groups is 3. The quantitative estimate of drug-likeness (QED) is 0.0114. The normalized spacial score (nSPS) is 12.4. The van der Waals surface area contributed by atoms with Gasteiger partial charge in [-0.2, -0.15) is 41.7 Å². The topological polar surface area (TPSA) is 378 Å². The van der Waals surface area contributed by atoms with Crippen LogP contribution in [0.1, 0.15) is 122 Å². The summed E-state index contributed by atoms with van der Waals surface area (Å²) in [5.74, 6) is 4.13. The second kappa shape index (κ2) is 53.9. The van der Waals surface area contributed by atoms with Gasteiger partial charge >= 0.3 is 54.6 Å². The van der Waals surface area contributed by atoms with Crippen molar-refractivity contribution in [1.82, 2.24) is 40.4 Å². The molecule has 0 aliphatic heterocycles. The number of halogens is 5. The van der Waals surface area contributed by atoms with E-state index < -0.39 is 29.9 Å². The molecule has 1 radical (unpaired) electrons. The molecule has 2 heterocycles. The third-order valence-corrected chi connectivity index (χ3v) is 22.9. The molecule has 0 amide bonds. The molecule has 693 valence electrons. The number of thiol groups is 1. The fraction of sp³-hybridized carbons (Fsp3) is 0.212. The Morgan fingerprint density at radius 2 is 0.867 bits per heavy atom. The van der Waals surface area contributed by atoms with Crippen molar-refractivity contribution in [2.75, 3.05) is 40.6 Å². The summed E-state index contributed by atoms with van der Waals surface area (Å²) >= 11 is 9.66. The molecule has 0 unspecified atom stereocenters. The third-order valence-electron chi connectivity index (χ3n) is 20.8. The Balaban J connectivity index is 0.000000173. The summed E-state index contributed by atoms with van der Waals surface area (Å²) in [6.45, 7) is 2.90. The van der Waals surface area contributed by atoms with Gasteiger partial charge in [-0.25, -0.2) is 0 Å². The second-order valence-electron chi connectivity index (χ2n) is 29.9. The molecule has 13 aromatic rings. The fourth-order valence-electron chi connectivity index (χ4n) is 14.1. The summed E-state index contributed by atoms with van der Waals surface area (Å²) in [5, 5.41) is 103. The van der Waals surface area contributed by atoms with Crippen LogP contribution in [-0.2, 0) is 70.1 Å². The summed E-state index contributed by atoms with van der Waals surface area (Å²) in [4.78, 5) is 3.05.